The maximum atomic E-state index is 12.9. The van der Waals surface area contributed by atoms with Crippen molar-refractivity contribution in [2.45, 2.75) is 6.04 Å². The minimum Gasteiger partial charge on any atom is -0.497 e. The summed E-state index contributed by atoms with van der Waals surface area (Å²) in [5.41, 5.74) is 1.54. The van der Waals surface area contributed by atoms with Crippen LogP contribution in [0.4, 0.5) is 0 Å². The van der Waals surface area contributed by atoms with E-state index >= 15 is 0 Å². The lowest BCUT2D eigenvalue weighted by Gasteiger charge is -2.06. The van der Waals surface area contributed by atoms with Crippen molar-refractivity contribution in [2.24, 2.45) is 4.99 Å². The number of aliphatic imine (C=N–C) groups is 1. The molecule has 1 atom stereocenters. The van der Waals surface area contributed by atoms with Gasteiger partial charge in [-0.15, -0.1) is 0 Å². The first-order valence-electron chi connectivity index (χ1n) is 8.94. The molecule has 0 aromatic heterocycles. The maximum absolute atomic E-state index is 12.9. The Morgan fingerprint density at radius 2 is 1.30 bits per heavy atom. The zero-order valence-electron chi connectivity index (χ0n) is 17.0. The van der Waals surface area contributed by atoms with Crippen LogP contribution in [0.25, 0.3) is 6.08 Å². The van der Waals surface area contributed by atoms with Crippen LogP contribution in [0.1, 0.15) is 11.1 Å². The second kappa shape index (κ2) is 9.77. The molecule has 8 heteroatoms. The third-order valence-electron chi connectivity index (χ3n) is 4.34. The summed E-state index contributed by atoms with van der Waals surface area (Å²) in [5.74, 6) is 2.41. The third-order valence-corrected chi connectivity index (χ3v) is 5.78. The third kappa shape index (κ3) is 5.01. The molecule has 6 nitrogen and oxygen atoms in total. The number of hydrogen-bond acceptors (Lipinski definition) is 8. The Balaban J connectivity index is 1.85. The van der Waals surface area contributed by atoms with E-state index in [-0.39, 0.29) is 5.78 Å². The van der Waals surface area contributed by atoms with Crippen LogP contribution in [-0.2, 0) is 4.79 Å². The number of benzene rings is 2. The van der Waals surface area contributed by atoms with Gasteiger partial charge in [0.1, 0.15) is 23.0 Å². The molecule has 1 aliphatic rings. The minimum atomic E-state index is -0.721. The highest BCUT2D eigenvalue weighted by molar-refractivity contribution is 8.27. The number of thiocarbonyl (C=S) groups is 1. The Bertz CT molecular complexity index is 988. The van der Waals surface area contributed by atoms with E-state index in [9.17, 15) is 4.79 Å². The summed E-state index contributed by atoms with van der Waals surface area (Å²) in [7, 11) is 6.31. The second-order valence-corrected chi connectivity index (χ2v) is 8.05. The summed E-state index contributed by atoms with van der Waals surface area (Å²) in [6.45, 7) is 0. The molecule has 0 amide bonds. The molecular weight excluding hydrogens is 422 g/mol. The topological polar surface area (TPSA) is 66.4 Å². The molecule has 1 unspecified atom stereocenters. The van der Waals surface area contributed by atoms with Crippen molar-refractivity contribution in [3.05, 3.63) is 52.4 Å². The second-order valence-electron chi connectivity index (χ2n) is 6.27. The van der Waals surface area contributed by atoms with Crippen LogP contribution in [0.15, 0.2) is 46.3 Å². The zero-order valence-corrected chi connectivity index (χ0v) is 18.6. The smallest absolute Gasteiger partial charge is 0.199 e. The number of carbonyl (C=O) groups excluding carboxylic acids is 1. The van der Waals surface area contributed by atoms with E-state index in [4.69, 9.17) is 31.2 Å². The van der Waals surface area contributed by atoms with Crippen molar-refractivity contribution < 1.29 is 23.7 Å². The lowest BCUT2D eigenvalue weighted by Crippen LogP contribution is -2.17. The van der Waals surface area contributed by atoms with Crippen LogP contribution in [0.3, 0.4) is 0 Å². The molecule has 1 fully saturated rings. The summed E-state index contributed by atoms with van der Waals surface area (Å²) < 4.78 is 21.6. The predicted octanol–water partition coefficient (Wildman–Crippen LogP) is 4.19. The van der Waals surface area contributed by atoms with Gasteiger partial charge in [-0.3, -0.25) is 9.79 Å². The Morgan fingerprint density at radius 3 is 1.77 bits per heavy atom. The van der Waals surface area contributed by atoms with Crippen molar-refractivity contribution in [1.29, 1.82) is 0 Å². The molecule has 1 heterocycles. The normalized spacial score (nSPS) is 17.6. The highest BCUT2D eigenvalue weighted by Crippen LogP contribution is 2.35. The van der Waals surface area contributed by atoms with Gasteiger partial charge in [0.05, 0.1) is 37.5 Å². The Hall–Kier alpha value is -2.84. The van der Waals surface area contributed by atoms with E-state index in [1.54, 1.807) is 65.0 Å². The first kappa shape index (κ1) is 21.9. The zero-order chi connectivity index (χ0) is 21.7. The molecule has 0 aliphatic carbocycles. The highest BCUT2D eigenvalue weighted by Gasteiger charge is 2.34. The van der Waals surface area contributed by atoms with Crippen LogP contribution >= 0.6 is 24.0 Å². The molecule has 0 saturated carbocycles. The van der Waals surface area contributed by atoms with Crippen LogP contribution < -0.4 is 18.9 Å². The van der Waals surface area contributed by atoms with Crippen LogP contribution in [-0.4, -0.2) is 50.7 Å². The van der Waals surface area contributed by atoms with Crippen LogP contribution in [0.5, 0.6) is 23.0 Å². The molecule has 1 saturated heterocycles. The first-order valence-corrected chi connectivity index (χ1v) is 10.2. The van der Waals surface area contributed by atoms with Crippen molar-refractivity contribution in [2.75, 3.05) is 28.4 Å². The number of ether oxygens (including phenoxy) is 4. The molecule has 2 aromatic carbocycles. The van der Waals surface area contributed by atoms with E-state index < -0.39 is 6.04 Å². The van der Waals surface area contributed by atoms with Gasteiger partial charge in [0.25, 0.3) is 0 Å². The van der Waals surface area contributed by atoms with E-state index in [2.05, 4.69) is 4.99 Å². The van der Waals surface area contributed by atoms with Gasteiger partial charge in [0, 0.05) is 18.3 Å². The SMILES string of the molecule is COc1cc(C=NC2C(=O)/C(=C\c3cc(OC)cc(OC)c3)SC2=S)cc(OC)c1. The van der Waals surface area contributed by atoms with E-state index in [0.717, 1.165) is 11.1 Å². The van der Waals surface area contributed by atoms with Crippen molar-refractivity contribution in [1.82, 2.24) is 0 Å². The molecule has 30 heavy (non-hydrogen) atoms. The number of hydrogen-bond donors (Lipinski definition) is 0. The van der Waals surface area contributed by atoms with Crippen molar-refractivity contribution in [3.8, 4) is 23.0 Å². The van der Waals surface area contributed by atoms with Crippen LogP contribution in [0, 0.1) is 0 Å². The molecule has 3 rings (SSSR count). The van der Waals surface area contributed by atoms with Gasteiger partial charge in [0.2, 0.25) is 0 Å². The Morgan fingerprint density at radius 1 is 0.833 bits per heavy atom. The van der Waals surface area contributed by atoms with E-state index in [0.29, 0.717) is 32.1 Å². The maximum Gasteiger partial charge on any atom is 0.199 e. The number of ketones is 1. The number of carbonyl (C=O) groups is 1. The fourth-order valence-corrected chi connectivity index (χ4v) is 4.15. The lowest BCUT2D eigenvalue weighted by atomic mass is 10.1. The number of nitrogens with zero attached hydrogens (tertiary/aromatic N) is 1. The van der Waals surface area contributed by atoms with Gasteiger partial charge in [-0.25, -0.2) is 0 Å². The van der Waals surface area contributed by atoms with Crippen LogP contribution in [0.2, 0.25) is 0 Å². The molecule has 156 valence electrons. The molecule has 0 spiro atoms. The van der Waals surface area contributed by atoms with E-state index in [1.165, 1.54) is 11.8 Å². The quantitative estimate of drug-likeness (QED) is 0.361. The van der Waals surface area contributed by atoms with E-state index in [1.807, 2.05) is 12.1 Å². The molecule has 0 N–H and O–H groups in total. The molecule has 0 radical (unpaired) electrons. The van der Waals surface area contributed by atoms with Gasteiger partial charge in [-0.1, -0.05) is 24.0 Å². The largest absolute Gasteiger partial charge is 0.497 e. The first-order chi connectivity index (χ1) is 14.5. The van der Waals surface area contributed by atoms with Crippen molar-refractivity contribution >= 4 is 46.3 Å². The summed E-state index contributed by atoms with van der Waals surface area (Å²) in [4.78, 5) is 17.9. The van der Waals surface area contributed by atoms with Gasteiger partial charge >= 0.3 is 0 Å². The van der Waals surface area contributed by atoms with Gasteiger partial charge in [-0.2, -0.15) is 0 Å². The average molecular weight is 444 g/mol. The summed E-state index contributed by atoms with van der Waals surface area (Å²) in [6.07, 6.45) is 3.38. The predicted molar refractivity (Wildman–Crippen MR) is 124 cm³/mol. The average Bonchev–Trinajstić information content (AvgIpc) is 3.03. The summed E-state index contributed by atoms with van der Waals surface area (Å²) in [5, 5.41) is 0. The lowest BCUT2D eigenvalue weighted by molar-refractivity contribution is -0.114. The fourth-order valence-electron chi connectivity index (χ4n) is 2.81. The number of rotatable bonds is 7. The van der Waals surface area contributed by atoms with Gasteiger partial charge in [-0.05, 0) is 41.5 Å². The highest BCUT2D eigenvalue weighted by atomic mass is 32.2. The monoisotopic (exact) mass is 443 g/mol. The Kier molecular flexibility index (Phi) is 7.12. The molecule has 1 aliphatic heterocycles. The standard InChI is InChI=1S/C22H21NO5S2/c1-25-15-5-13(6-16(10-15)26-2)9-19-21(24)20(22(29)30-19)23-12-14-7-17(27-3)11-18(8-14)28-4/h5-12,20H,1-4H3/b19-9+,23-12?. The van der Waals surface area contributed by atoms with Gasteiger partial charge < -0.3 is 18.9 Å². The van der Waals surface area contributed by atoms with Gasteiger partial charge in [0.15, 0.2) is 11.8 Å². The number of methoxy groups -OCH3 is 4. The number of thioether (sulfide) groups is 1. The molecular formula is C22H21NO5S2. The summed E-state index contributed by atoms with van der Waals surface area (Å²) in [6, 6.07) is 10.1. The summed E-state index contributed by atoms with van der Waals surface area (Å²) >= 11 is 6.66. The number of Topliss-reactive ketones (excluding diaryl/α,β-unsaturated/α-hetero) is 1. The van der Waals surface area contributed by atoms with Crippen molar-refractivity contribution in [3.63, 3.8) is 0 Å². The molecule has 0 bridgehead atoms. The fraction of sp³-hybridized carbons (Fsp3) is 0.227. The minimum absolute atomic E-state index is 0.141. The molecule has 2 aromatic rings. The Labute approximate surface area is 184 Å².